The Morgan fingerprint density at radius 3 is 2.95 bits per heavy atom. The van der Waals surface area contributed by atoms with Crippen molar-refractivity contribution in [1.82, 2.24) is 15.5 Å². The first-order chi connectivity index (χ1) is 10.2. The molecule has 0 aliphatic heterocycles. The van der Waals surface area contributed by atoms with E-state index in [4.69, 9.17) is 9.26 Å². The van der Waals surface area contributed by atoms with Gasteiger partial charge in [-0.05, 0) is 45.4 Å². The van der Waals surface area contributed by atoms with Crippen molar-refractivity contribution in [1.29, 1.82) is 0 Å². The summed E-state index contributed by atoms with van der Waals surface area (Å²) in [6.45, 7) is 4.47. The molecule has 1 fully saturated rings. The highest BCUT2D eigenvalue weighted by molar-refractivity contribution is 5.39. The van der Waals surface area contributed by atoms with E-state index in [1.807, 2.05) is 13.1 Å². The Bertz CT molecular complexity index is 620. The number of rotatable bonds is 6. The molecule has 1 aromatic carbocycles. The van der Waals surface area contributed by atoms with E-state index in [1.54, 1.807) is 0 Å². The molecule has 0 spiro atoms. The number of aromatic nitrogens is 2. The van der Waals surface area contributed by atoms with E-state index in [0.717, 1.165) is 17.1 Å². The lowest BCUT2D eigenvalue weighted by molar-refractivity contribution is 0.239. The molecule has 1 heterocycles. The molecule has 0 saturated heterocycles. The lowest BCUT2D eigenvalue weighted by atomic mass is 10.1. The summed E-state index contributed by atoms with van der Waals surface area (Å²) in [5, 5.41) is 7.24. The topological polar surface area (TPSA) is 60.2 Å². The minimum absolute atomic E-state index is 0.227. The van der Waals surface area contributed by atoms with Crippen molar-refractivity contribution < 1.29 is 9.26 Å². The van der Waals surface area contributed by atoms with Gasteiger partial charge < -0.3 is 14.6 Å². The lowest BCUT2D eigenvalue weighted by Gasteiger charge is -2.16. The van der Waals surface area contributed by atoms with Crippen LogP contribution in [0.25, 0.3) is 0 Å². The summed E-state index contributed by atoms with van der Waals surface area (Å²) in [5.74, 6) is 2.73. The molecule has 1 aliphatic carbocycles. The Hall–Kier alpha value is -1.88. The first kappa shape index (κ1) is 14.1. The molecule has 3 rings (SSSR count). The Kier molecular flexibility index (Phi) is 3.92. The molecular weight excluding hydrogens is 266 g/mol. The second kappa shape index (κ2) is 5.85. The van der Waals surface area contributed by atoms with Crippen molar-refractivity contribution in [3.05, 3.63) is 41.0 Å². The molecule has 112 valence electrons. The maximum Gasteiger partial charge on any atom is 0.264 e. The summed E-state index contributed by atoms with van der Waals surface area (Å²) in [5.41, 5.74) is 2.30. The van der Waals surface area contributed by atoms with Crippen molar-refractivity contribution in [2.24, 2.45) is 0 Å². The molecule has 1 saturated carbocycles. The molecular formula is C16H21N3O2. The molecule has 1 aliphatic rings. The van der Waals surface area contributed by atoms with Gasteiger partial charge in [0.25, 0.3) is 5.89 Å². The quantitative estimate of drug-likeness (QED) is 0.884. The highest BCUT2D eigenvalue weighted by atomic mass is 16.5. The zero-order valence-electron chi connectivity index (χ0n) is 12.7. The van der Waals surface area contributed by atoms with Gasteiger partial charge in [-0.25, -0.2) is 0 Å². The second-order valence-electron chi connectivity index (χ2n) is 5.66. The van der Waals surface area contributed by atoms with E-state index in [0.29, 0.717) is 18.4 Å². The van der Waals surface area contributed by atoms with Gasteiger partial charge in [0.05, 0.1) is 0 Å². The number of nitrogens with one attached hydrogen (secondary N) is 1. The van der Waals surface area contributed by atoms with E-state index in [9.17, 15) is 0 Å². The van der Waals surface area contributed by atoms with Crippen LogP contribution in [-0.2, 0) is 6.61 Å². The first-order valence-corrected chi connectivity index (χ1v) is 7.40. The number of hydrogen-bond donors (Lipinski definition) is 1. The lowest BCUT2D eigenvalue weighted by Crippen LogP contribution is -2.14. The number of nitrogens with zero attached hydrogens (tertiary/aromatic N) is 2. The number of ether oxygens (including phenoxy) is 1. The Labute approximate surface area is 124 Å². The van der Waals surface area contributed by atoms with Crippen LogP contribution in [-0.4, -0.2) is 17.2 Å². The van der Waals surface area contributed by atoms with E-state index in [2.05, 4.69) is 41.4 Å². The van der Waals surface area contributed by atoms with Gasteiger partial charge in [-0.15, -0.1) is 0 Å². The van der Waals surface area contributed by atoms with Crippen molar-refractivity contribution in [2.45, 2.75) is 45.3 Å². The van der Waals surface area contributed by atoms with Crippen LogP contribution in [0.5, 0.6) is 5.75 Å². The molecule has 21 heavy (non-hydrogen) atoms. The smallest absolute Gasteiger partial charge is 0.264 e. The van der Waals surface area contributed by atoms with Gasteiger partial charge in [-0.3, -0.25) is 0 Å². The van der Waals surface area contributed by atoms with Crippen molar-refractivity contribution in [2.75, 3.05) is 7.05 Å². The van der Waals surface area contributed by atoms with E-state index in [1.165, 1.54) is 18.4 Å². The van der Waals surface area contributed by atoms with Crippen LogP contribution in [0.4, 0.5) is 0 Å². The van der Waals surface area contributed by atoms with Crippen LogP contribution in [0.2, 0.25) is 0 Å². The summed E-state index contributed by atoms with van der Waals surface area (Å²) >= 11 is 0. The molecule has 1 N–H and O–H groups in total. The van der Waals surface area contributed by atoms with Crippen LogP contribution in [0, 0.1) is 6.92 Å². The number of hydrogen-bond acceptors (Lipinski definition) is 5. The molecule has 2 aromatic rings. The third-order valence-electron chi connectivity index (χ3n) is 3.85. The summed E-state index contributed by atoms with van der Waals surface area (Å²) in [4.78, 5) is 4.39. The van der Waals surface area contributed by atoms with Crippen molar-refractivity contribution in [3.8, 4) is 5.75 Å². The zero-order chi connectivity index (χ0) is 14.8. The standard InChI is InChI=1S/C16H21N3O2/c1-10-4-7-13(11(2)17-3)14(8-10)20-9-15-18-16(19-21-15)12-5-6-12/h4,7-8,11-12,17H,5-6,9H2,1-3H3. The Morgan fingerprint density at radius 2 is 2.24 bits per heavy atom. The van der Waals surface area contributed by atoms with E-state index < -0.39 is 0 Å². The highest BCUT2D eigenvalue weighted by Gasteiger charge is 2.28. The maximum absolute atomic E-state index is 5.90. The third-order valence-corrected chi connectivity index (χ3v) is 3.85. The fraction of sp³-hybridized carbons (Fsp3) is 0.500. The number of aryl methyl sites for hydroxylation is 1. The molecule has 1 atom stereocenters. The molecule has 0 radical (unpaired) electrons. The summed E-state index contributed by atoms with van der Waals surface area (Å²) in [7, 11) is 1.94. The van der Waals surface area contributed by atoms with Gasteiger partial charge in [0.2, 0.25) is 0 Å². The van der Waals surface area contributed by atoms with Crippen LogP contribution >= 0.6 is 0 Å². The normalized spacial score (nSPS) is 16.0. The average Bonchev–Trinajstić information content (AvgIpc) is 3.23. The largest absolute Gasteiger partial charge is 0.483 e. The average molecular weight is 287 g/mol. The van der Waals surface area contributed by atoms with Crippen LogP contribution in [0.1, 0.15) is 54.6 Å². The maximum atomic E-state index is 5.90. The van der Waals surface area contributed by atoms with Gasteiger partial charge >= 0.3 is 0 Å². The SMILES string of the molecule is CNC(C)c1ccc(C)cc1OCc1nc(C2CC2)no1. The molecule has 1 aromatic heterocycles. The predicted molar refractivity (Wildman–Crippen MR) is 79.3 cm³/mol. The Balaban J connectivity index is 1.72. The Morgan fingerprint density at radius 1 is 1.43 bits per heavy atom. The van der Waals surface area contributed by atoms with Crippen molar-refractivity contribution >= 4 is 0 Å². The van der Waals surface area contributed by atoms with Crippen LogP contribution in [0.15, 0.2) is 22.7 Å². The van der Waals surface area contributed by atoms with Gasteiger partial charge in [0.15, 0.2) is 12.4 Å². The molecule has 0 bridgehead atoms. The van der Waals surface area contributed by atoms with Gasteiger partial charge in [0.1, 0.15) is 5.75 Å². The van der Waals surface area contributed by atoms with Gasteiger partial charge in [0, 0.05) is 17.5 Å². The summed E-state index contributed by atoms with van der Waals surface area (Å²) in [6, 6.07) is 6.45. The van der Waals surface area contributed by atoms with E-state index in [-0.39, 0.29) is 6.04 Å². The second-order valence-corrected chi connectivity index (χ2v) is 5.66. The fourth-order valence-corrected chi connectivity index (χ4v) is 2.25. The minimum atomic E-state index is 0.227. The minimum Gasteiger partial charge on any atom is -0.483 e. The fourth-order valence-electron chi connectivity index (χ4n) is 2.25. The third kappa shape index (κ3) is 3.24. The molecule has 1 unspecified atom stereocenters. The summed E-state index contributed by atoms with van der Waals surface area (Å²) < 4.78 is 11.1. The summed E-state index contributed by atoms with van der Waals surface area (Å²) in [6.07, 6.45) is 2.34. The van der Waals surface area contributed by atoms with Gasteiger partial charge in [-0.1, -0.05) is 17.3 Å². The van der Waals surface area contributed by atoms with E-state index >= 15 is 0 Å². The highest BCUT2D eigenvalue weighted by Crippen LogP contribution is 2.38. The first-order valence-electron chi connectivity index (χ1n) is 7.40. The molecule has 5 heteroatoms. The zero-order valence-corrected chi connectivity index (χ0v) is 12.7. The predicted octanol–water partition coefficient (Wildman–Crippen LogP) is 3.11. The number of benzene rings is 1. The van der Waals surface area contributed by atoms with Crippen LogP contribution < -0.4 is 10.1 Å². The van der Waals surface area contributed by atoms with Crippen LogP contribution in [0.3, 0.4) is 0 Å². The monoisotopic (exact) mass is 287 g/mol. The molecule has 0 amide bonds. The van der Waals surface area contributed by atoms with Gasteiger partial charge in [-0.2, -0.15) is 4.98 Å². The molecule has 5 nitrogen and oxygen atoms in total. The van der Waals surface area contributed by atoms with Crippen molar-refractivity contribution in [3.63, 3.8) is 0 Å².